The average molecular weight is 241 g/mol. The van der Waals surface area contributed by atoms with Gasteiger partial charge in [0, 0.05) is 12.0 Å². The van der Waals surface area contributed by atoms with Gasteiger partial charge >= 0.3 is 5.97 Å². The van der Waals surface area contributed by atoms with Crippen LogP contribution >= 0.6 is 0 Å². The number of carbonyl (C=O) groups is 1. The Morgan fingerprint density at radius 1 is 1.35 bits per heavy atom. The van der Waals surface area contributed by atoms with Gasteiger partial charge in [-0.05, 0) is 12.1 Å². The van der Waals surface area contributed by atoms with Crippen LogP contribution in [-0.4, -0.2) is 31.9 Å². The first-order valence-electron chi connectivity index (χ1n) is 4.94. The van der Waals surface area contributed by atoms with Gasteiger partial charge in [0.2, 0.25) is 0 Å². The summed E-state index contributed by atoms with van der Waals surface area (Å²) in [6.07, 6.45) is 0.442. The van der Waals surface area contributed by atoms with Crippen molar-refractivity contribution in [2.75, 3.05) is 20.8 Å². The molecular weight excluding hydrogens is 226 g/mol. The molecule has 1 aromatic rings. The Hall–Kier alpha value is -1.79. The predicted molar refractivity (Wildman–Crippen MR) is 60.3 cm³/mol. The normalized spacial score (nSPS) is 10.1. The van der Waals surface area contributed by atoms with Crippen LogP contribution in [0.15, 0.2) is 12.1 Å². The van der Waals surface area contributed by atoms with Gasteiger partial charge in [0.15, 0.2) is 11.5 Å². The number of carboxylic acid groups (broad SMARTS) is 1. The van der Waals surface area contributed by atoms with E-state index in [1.165, 1.54) is 26.4 Å². The maximum Gasteiger partial charge on any atom is 0.335 e. The lowest BCUT2D eigenvalue weighted by Gasteiger charge is -2.13. The second kappa shape index (κ2) is 6.07. The molecule has 0 bridgehead atoms. The lowest BCUT2D eigenvalue weighted by Crippen LogP contribution is -2.07. The molecule has 1 aromatic carbocycles. The molecule has 6 heteroatoms. The molecule has 0 fully saturated rings. The summed E-state index contributed by atoms with van der Waals surface area (Å²) < 4.78 is 10.3. The molecule has 0 saturated carbocycles. The van der Waals surface area contributed by atoms with Gasteiger partial charge in [-0.3, -0.25) is 0 Å². The fraction of sp³-hybridized carbons (Fsp3) is 0.364. The molecule has 0 unspecified atom stereocenters. The van der Waals surface area contributed by atoms with Gasteiger partial charge < -0.3 is 19.4 Å². The molecule has 0 amide bonds. The third-order valence-corrected chi connectivity index (χ3v) is 2.29. The van der Waals surface area contributed by atoms with Crippen LogP contribution in [-0.2, 0) is 11.3 Å². The number of rotatable bonds is 6. The first-order valence-corrected chi connectivity index (χ1v) is 4.94. The summed E-state index contributed by atoms with van der Waals surface area (Å²) in [5.74, 6) is 4.79. The van der Waals surface area contributed by atoms with Crippen molar-refractivity contribution in [2.45, 2.75) is 6.42 Å². The zero-order chi connectivity index (χ0) is 12.8. The number of benzene rings is 1. The Bertz CT molecular complexity index is 405. The lowest BCUT2D eigenvalue weighted by molar-refractivity contribution is 0.0696. The molecule has 0 spiro atoms. The Kier molecular flexibility index (Phi) is 4.74. The average Bonchev–Trinajstić information content (AvgIpc) is 2.34. The number of ether oxygens (including phenoxy) is 2. The zero-order valence-corrected chi connectivity index (χ0v) is 9.73. The van der Waals surface area contributed by atoms with Crippen LogP contribution in [0.3, 0.4) is 0 Å². The molecule has 0 aliphatic carbocycles. The highest BCUT2D eigenvalue weighted by Crippen LogP contribution is 2.33. The lowest BCUT2D eigenvalue weighted by atomic mass is 10.1. The van der Waals surface area contributed by atoms with Crippen LogP contribution in [0.25, 0.3) is 0 Å². The molecular formula is C11H15NO5. The molecule has 0 saturated heterocycles. The smallest absolute Gasteiger partial charge is 0.335 e. The van der Waals surface area contributed by atoms with E-state index in [4.69, 9.17) is 20.5 Å². The molecule has 17 heavy (non-hydrogen) atoms. The fourth-order valence-electron chi connectivity index (χ4n) is 1.52. The summed E-state index contributed by atoms with van der Waals surface area (Å²) in [5, 5.41) is 8.97. The highest BCUT2D eigenvalue weighted by molar-refractivity contribution is 5.89. The van der Waals surface area contributed by atoms with Crippen molar-refractivity contribution in [3.8, 4) is 11.5 Å². The van der Waals surface area contributed by atoms with E-state index in [9.17, 15) is 4.79 Å². The minimum Gasteiger partial charge on any atom is -0.493 e. The molecule has 94 valence electrons. The Morgan fingerprint density at radius 2 is 2.06 bits per heavy atom. The minimum atomic E-state index is -1.03. The van der Waals surface area contributed by atoms with Crippen molar-refractivity contribution in [1.82, 2.24) is 0 Å². The fourth-order valence-corrected chi connectivity index (χ4v) is 1.52. The molecule has 1 rings (SSSR count). The number of hydrogen-bond acceptors (Lipinski definition) is 5. The standard InChI is InChI=1S/C11H15NO5/c1-15-9-6-8(11(13)14)5-7(3-4-17-12)10(9)16-2/h5-6H,3-4,12H2,1-2H3,(H,13,14). The Labute approximate surface area is 98.8 Å². The second-order valence-electron chi connectivity index (χ2n) is 3.30. The van der Waals surface area contributed by atoms with E-state index in [-0.39, 0.29) is 12.2 Å². The van der Waals surface area contributed by atoms with Crippen LogP contribution in [0.2, 0.25) is 0 Å². The summed E-state index contributed by atoms with van der Waals surface area (Å²) >= 11 is 0. The van der Waals surface area contributed by atoms with Crippen molar-refractivity contribution in [2.24, 2.45) is 5.90 Å². The van der Waals surface area contributed by atoms with Gasteiger partial charge in [0.1, 0.15) is 0 Å². The quantitative estimate of drug-likeness (QED) is 0.717. The minimum absolute atomic E-state index is 0.134. The molecule has 0 aliphatic heterocycles. The topological polar surface area (TPSA) is 91.0 Å². The SMILES string of the molecule is COc1cc(C(=O)O)cc(CCON)c1OC. The van der Waals surface area contributed by atoms with Crippen LogP contribution in [0.4, 0.5) is 0 Å². The molecule has 0 aromatic heterocycles. The number of aromatic carboxylic acids is 1. The summed E-state index contributed by atoms with van der Waals surface area (Å²) in [7, 11) is 2.94. The third kappa shape index (κ3) is 3.08. The first kappa shape index (κ1) is 13.3. The molecule has 0 atom stereocenters. The summed E-state index contributed by atoms with van der Waals surface area (Å²) in [4.78, 5) is 15.4. The molecule has 0 heterocycles. The van der Waals surface area contributed by atoms with E-state index in [0.29, 0.717) is 23.5 Å². The summed E-state index contributed by atoms with van der Waals surface area (Å²) in [6.45, 7) is 0.266. The zero-order valence-electron chi connectivity index (χ0n) is 9.73. The van der Waals surface area contributed by atoms with E-state index in [1.54, 1.807) is 0 Å². The van der Waals surface area contributed by atoms with Crippen molar-refractivity contribution < 1.29 is 24.2 Å². The number of hydrogen-bond donors (Lipinski definition) is 2. The molecule has 0 aliphatic rings. The summed E-state index contributed by atoms with van der Waals surface area (Å²) in [6, 6.07) is 2.93. The highest BCUT2D eigenvalue weighted by atomic mass is 16.6. The van der Waals surface area contributed by atoms with Gasteiger partial charge in [0.05, 0.1) is 26.4 Å². The molecule has 6 nitrogen and oxygen atoms in total. The van der Waals surface area contributed by atoms with E-state index in [1.807, 2.05) is 0 Å². The van der Waals surface area contributed by atoms with Gasteiger partial charge in [0.25, 0.3) is 0 Å². The first-order chi connectivity index (χ1) is 8.13. The van der Waals surface area contributed by atoms with Crippen molar-refractivity contribution in [3.05, 3.63) is 23.3 Å². The van der Waals surface area contributed by atoms with Crippen molar-refractivity contribution in [3.63, 3.8) is 0 Å². The van der Waals surface area contributed by atoms with Gasteiger partial charge in [-0.2, -0.15) is 0 Å². The van der Waals surface area contributed by atoms with E-state index in [2.05, 4.69) is 4.84 Å². The van der Waals surface area contributed by atoms with Crippen molar-refractivity contribution >= 4 is 5.97 Å². The molecule has 0 radical (unpaired) electrons. The van der Waals surface area contributed by atoms with E-state index < -0.39 is 5.97 Å². The van der Waals surface area contributed by atoms with Gasteiger partial charge in [-0.25, -0.2) is 10.7 Å². The molecule has 3 N–H and O–H groups in total. The van der Waals surface area contributed by atoms with Crippen LogP contribution in [0.5, 0.6) is 11.5 Å². The predicted octanol–water partition coefficient (Wildman–Crippen LogP) is 0.835. The van der Waals surface area contributed by atoms with Crippen molar-refractivity contribution in [1.29, 1.82) is 0 Å². The maximum absolute atomic E-state index is 10.9. The van der Waals surface area contributed by atoms with Gasteiger partial charge in [-0.15, -0.1) is 0 Å². The summed E-state index contributed by atoms with van der Waals surface area (Å²) in [5.41, 5.74) is 0.810. The Balaban J connectivity index is 3.21. The van der Waals surface area contributed by atoms with Crippen LogP contribution in [0, 0.1) is 0 Å². The number of carboxylic acids is 1. The van der Waals surface area contributed by atoms with Crippen LogP contribution in [0.1, 0.15) is 15.9 Å². The monoisotopic (exact) mass is 241 g/mol. The van der Waals surface area contributed by atoms with E-state index >= 15 is 0 Å². The van der Waals surface area contributed by atoms with E-state index in [0.717, 1.165) is 0 Å². The number of methoxy groups -OCH3 is 2. The highest BCUT2D eigenvalue weighted by Gasteiger charge is 2.15. The number of nitrogens with two attached hydrogens (primary N) is 1. The Morgan fingerprint density at radius 3 is 2.53 bits per heavy atom. The van der Waals surface area contributed by atoms with Crippen LogP contribution < -0.4 is 15.4 Å². The largest absolute Gasteiger partial charge is 0.493 e. The van der Waals surface area contributed by atoms with Gasteiger partial charge in [-0.1, -0.05) is 0 Å². The maximum atomic E-state index is 10.9. The third-order valence-electron chi connectivity index (χ3n) is 2.29. The second-order valence-corrected chi connectivity index (χ2v) is 3.30.